The number of hydrogen-bond acceptors (Lipinski definition) is 4. The maximum Gasteiger partial charge on any atom is 0.324 e. The summed E-state index contributed by atoms with van der Waals surface area (Å²) in [6.45, 7) is 3.50. The van der Waals surface area contributed by atoms with Gasteiger partial charge in [-0.25, -0.2) is 0 Å². The minimum Gasteiger partial charge on any atom is -0.465 e. The molecule has 0 aliphatic carbocycles. The van der Waals surface area contributed by atoms with Crippen LogP contribution in [0.1, 0.15) is 13.8 Å². The predicted octanol–water partition coefficient (Wildman–Crippen LogP) is 2.90. The molecule has 106 valence electrons. The maximum absolute atomic E-state index is 12.3. The monoisotopic (exact) mass is 314 g/mol. The zero-order chi connectivity index (χ0) is 14.9. The smallest absolute Gasteiger partial charge is 0.324 e. The van der Waals surface area contributed by atoms with Crippen molar-refractivity contribution in [2.75, 3.05) is 11.6 Å². The van der Waals surface area contributed by atoms with Crippen molar-refractivity contribution in [1.82, 2.24) is 0 Å². The number of rotatable bonds is 3. The average molecular weight is 315 g/mol. The van der Waals surface area contributed by atoms with E-state index in [1.807, 2.05) is 0 Å². The largest absolute Gasteiger partial charge is 0.465 e. The van der Waals surface area contributed by atoms with E-state index >= 15 is 0 Å². The molecule has 1 atom stereocenters. The fourth-order valence-corrected chi connectivity index (χ4v) is 2.16. The quantitative estimate of drug-likeness (QED) is 0.636. The fraction of sp³-hybridized carbons (Fsp3) is 0.308. The maximum atomic E-state index is 12.3. The molecule has 0 aromatic heterocycles. The summed E-state index contributed by atoms with van der Waals surface area (Å²) in [5, 5.41) is 5.92. The van der Waals surface area contributed by atoms with Gasteiger partial charge >= 0.3 is 5.97 Å². The third-order valence-electron chi connectivity index (χ3n) is 2.80. The number of nitrogens with zero attached hydrogens (tertiary/aromatic N) is 2. The van der Waals surface area contributed by atoms with E-state index in [1.54, 1.807) is 26.0 Å². The molecule has 20 heavy (non-hydrogen) atoms. The van der Waals surface area contributed by atoms with Gasteiger partial charge in [0.1, 0.15) is 0 Å². The van der Waals surface area contributed by atoms with Crippen molar-refractivity contribution in [3.8, 4) is 0 Å². The van der Waals surface area contributed by atoms with Crippen molar-refractivity contribution in [1.29, 1.82) is 0 Å². The third kappa shape index (κ3) is 2.64. The van der Waals surface area contributed by atoms with E-state index in [0.29, 0.717) is 21.4 Å². The molecule has 1 amide bonds. The summed E-state index contributed by atoms with van der Waals surface area (Å²) in [7, 11) is 0. The lowest BCUT2D eigenvalue weighted by molar-refractivity contribution is -0.148. The van der Waals surface area contributed by atoms with Crippen LogP contribution >= 0.6 is 23.2 Å². The van der Waals surface area contributed by atoms with E-state index in [1.165, 1.54) is 6.07 Å². The van der Waals surface area contributed by atoms with Gasteiger partial charge in [0.2, 0.25) is 0 Å². The second kappa shape index (κ2) is 5.81. The summed E-state index contributed by atoms with van der Waals surface area (Å²) < 4.78 is 4.88. The van der Waals surface area contributed by atoms with Crippen molar-refractivity contribution >= 4 is 46.5 Å². The number of ether oxygens (including phenoxy) is 1. The molecule has 0 saturated heterocycles. The number of hydrogen-bond donors (Lipinski definition) is 0. The molecule has 0 radical (unpaired) electrons. The molecule has 1 aromatic rings. The number of anilines is 1. The summed E-state index contributed by atoms with van der Waals surface area (Å²) in [6, 6.07) is 4.69. The van der Waals surface area contributed by atoms with Crippen LogP contribution in [0.4, 0.5) is 5.69 Å². The number of hydrazone groups is 1. The van der Waals surface area contributed by atoms with Crippen LogP contribution in [-0.2, 0) is 14.3 Å². The molecule has 0 N–H and O–H groups in total. The minimum absolute atomic E-state index is 0.211. The Morgan fingerprint density at radius 2 is 2.10 bits per heavy atom. The predicted molar refractivity (Wildman–Crippen MR) is 77.2 cm³/mol. The van der Waals surface area contributed by atoms with Crippen LogP contribution < -0.4 is 5.01 Å². The minimum atomic E-state index is -0.996. The van der Waals surface area contributed by atoms with E-state index in [0.717, 1.165) is 5.01 Å². The van der Waals surface area contributed by atoms with E-state index in [4.69, 9.17) is 27.9 Å². The number of benzene rings is 1. The molecule has 0 spiro atoms. The first-order valence-electron chi connectivity index (χ1n) is 5.96. The molecule has 0 bridgehead atoms. The van der Waals surface area contributed by atoms with Crippen LogP contribution in [0, 0.1) is 5.92 Å². The fourth-order valence-electron chi connectivity index (χ4n) is 1.86. The first-order valence-corrected chi connectivity index (χ1v) is 6.72. The van der Waals surface area contributed by atoms with Crippen molar-refractivity contribution in [3.63, 3.8) is 0 Å². The normalized spacial score (nSPS) is 18.2. The number of halogens is 2. The Bertz CT molecular complexity index is 601. The van der Waals surface area contributed by atoms with Crippen LogP contribution in [-0.4, -0.2) is 24.2 Å². The van der Waals surface area contributed by atoms with E-state index in [-0.39, 0.29) is 6.61 Å². The van der Waals surface area contributed by atoms with Gasteiger partial charge in [0.05, 0.1) is 28.1 Å². The number of amides is 1. The molecule has 1 aliphatic heterocycles. The van der Waals surface area contributed by atoms with E-state index in [9.17, 15) is 9.59 Å². The topological polar surface area (TPSA) is 59.0 Å². The Morgan fingerprint density at radius 3 is 2.70 bits per heavy atom. The molecule has 1 heterocycles. The molecule has 5 nitrogen and oxygen atoms in total. The van der Waals surface area contributed by atoms with Gasteiger partial charge < -0.3 is 4.74 Å². The SMILES string of the molecule is CCOC(=O)C1C(=O)N(c2ccc(Cl)c(Cl)c2)N=C1C. The van der Waals surface area contributed by atoms with Crippen LogP contribution in [0.3, 0.4) is 0 Å². The van der Waals surface area contributed by atoms with Gasteiger partial charge in [0.15, 0.2) is 5.92 Å². The highest BCUT2D eigenvalue weighted by Gasteiger charge is 2.40. The van der Waals surface area contributed by atoms with Gasteiger partial charge in [-0.1, -0.05) is 23.2 Å². The highest BCUT2D eigenvalue weighted by molar-refractivity contribution is 6.42. The van der Waals surface area contributed by atoms with Crippen LogP contribution in [0.2, 0.25) is 10.0 Å². The molecule has 0 fully saturated rings. The Hall–Kier alpha value is -1.59. The molecular formula is C13H12Cl2N2O3. The second-order valence-corrected chi connectivity index (χ2v) is 4.99. The van der Waals surface area contributed by atoms with Crippen LogP contribution in [0.25, 0.3) is 0 Å². The van der Waals surface area contributed by atoms with E-state index < -0.39 is 17.8 Å². The Labute approximate surface area is 126 Å². The summed E-state index contributed by atoms with van der Waals surface area (Å²) in [6.07, 6.45) is 0. The molecule has 2 rings (SSSR count). The van der Waals surface area contributed by atoms with Crippen LogP contribution in [0.15, 0.2) is 23.3 Å². The lowest BCUT2D eigenvalue weighted by atomic mass is 10.1. The lowest BCUT2D eigenvalue weighted by Crippen LogP contribution is -2.33. The summed E-state index contributed by atoms with van der Waals surface area (Å²) in [5.74, 6) is -2.05. The standard InChI is InChI=1S/C13H12Cl2N2O3/c1-3-20-13(19)11-7(2)16-17(12(11)18)8-4-5-9(14)10(15)6-8/h4-6,11H,3H2,1-2H3. The Balaban J connectivity index is 2.30. The Kier molecular flexibility index (Phi) is 4.30. The summed E-state index contributed by atoms with van der Waals surface area (Å²) in [4.78, 5) is 24.0. The van der Waals surface area contributed by atoms with Crippen molar-refractivity contribution < 1.29 is 14.3 Å². The van der Waals surface area contributed by atoms with Gasteiger partial charge in [0.25, 0.3) is 5.91 Å². The third-order valence-corrected chi connectivity index (χ3v) is 3.54. The highest BCUT2D eigenvalue weighted by Crippen LogP contribution is 2.30. The zero-order valence-corrected chi connectivity index (χ0v) is 12.4. The van der Waals surface area contributed by atoms with Gasteiger partial charge in [-0.15, -0.1) is 0 Å². The number of carbonyl (C=O) groups excluding carboxylic acids is 2. The second-order valence-electron chi connectivity index (χ2n) is 4.17. The van der Waals surface area contributed by atoms with Crippen LogP contribution in [0.5, 0.6) is 0 Å². The number of esters is 1. The average Bonchev–Trinajstić information content (AvgIpc) is 2.68. The highest BCUT2D eigenvalue weighted by atomic mass is 35.5. The molecule has 1 unspecified atom stereocenters. The van der Waals surface area contributed by atoms with Crippen molar-refractivity contribution in [2.45, 2.75) is 13.8 Å². The molecule has 0 saturated carbocycles. The summed E-state index contributed by atoms with van der Waals surface area (Å²) in [5.41, 5.74) is 0.843. The molecule has 7 heteroatoms. The first-order chi connectivity index (χ1) is 9.45. The number of carbonyl (C=O) groups is 2. The van der Waals surface area contributed by atoms with Gasteiger partial charge in [-0.05, 0) is 32.0 Å². The lowest BCUT2D eigenvalue weighted by Gasteiger charge is -2.14. The molecule has 1 aromatic carbocycles. The van der Waals surface area contributed by atoms with Crippen molar-refractivity contribution in [2.24, 2.45) is 11.0 Å². The Morgan fingerprint density at radius 1 is 1.40 bits per heavy atom. The van der Waals surface area contributed by atoms with Crippen molar-refractivity contribution in [3.05, 3.63) is 28.2 Å². The van der Waals surface area contributed by atoms with E-state index in [2.05, 4.69) is 5.10 Å². The molecule has 1 aliphatic rings. The zero-order valence-electron chi connectivity index (χ0n) is 10.9. The van der Waals surface area contributed by atoms with Gasteiger partial charge in [-0.2, -0.15) is 10.1 Å². The van der Waals surface area contributed by atoms with Gasteiger partial charge in [0, 0.05) is 0 Å². The summed E-state index contributed by atoms with van der Waals surface area (Å²) >= 11 is 11.7. The first kappa shape index (κ1) is 14.8. The van der Waals surface area contributed by atoms with Gasteiger partial charge in [-0.3, -0.25) is 9.59 Å². The molecular weight excluding hydrogens is 303 g/mol.